The quantitative estimate of drug-likeness (QED) is 0.802. The third-order valence-electron chi connectivity index (χ3n) is 1.70. The molecule has 0 bridgehead atoms. The summed E-state index contributed by atoms with van der Waals surface area (Å²) < 4.78 is 0. The van der Waals surface area contributed by atoms with Crippen LogP contribution < -0.4 is 11.1 Å². The summed E-state index contributed by atoms with van der Waals surface area (Å²) in [6.45, 7) is 0.737. The van der Waals surface area contributed by atoms with Crippen LogP contribution >= 0.6 is 11.3 Å². The van der Waals surface area contributed by atoms with E-state index in [0.717, 1.165) is 12.4 Å². The lowest BCUT2D eigenvalue weighted by Gasteiger charge is -2.03. The van der Waals surface area contributed by atoms with Gasteiger partial charge in [0.05, 0.1) is 12.1 Å². The number of hydrogen-bond acceptors (Lipinski definition) is 5. The van der Waals surface area contributed by atoms with Crippen LogP contribution in [0.2, 0.25) is 0 Å². The van der Waals surface area contributed by atoms with Crippen LogP contribution in [-0.2, 0) is 6.54 Å². The van der Waals surface area contributed by atoms with Gasteiger partial charge in [-0.1, -0.05) is 6.07 Å². The number of rotatable bonds is 3. The molecule has 2 aromatic rings. The molecule has 5 heteroatoms. The van der Waals surface area contributed by atoms with Crippen LogP contribution in [0.15, 0.2) is 29.9 Å². The van der Waals surface area contributed by atoms with Gasteiger partial charge in [-0.3, -0.25) is 4.98 Å². The summed E-state index contributed by atoms with van der Waals surface area (Å²) >= 11 is 1.61. The summed E-state index contributed by atoms with van der Waals surface area (Å²) in [5, 5.41) is 3.17. The fourth-order valence-electron chi connectivity index (χ4n) is 1.06. The Hall–Kier alpha value is -1.62. The number of pyridine rings is 1. The molecule has 4 nitrogen and oxygen atoms in total. The number of hydrogen-bond donors (Lipinski definition) is 2. The molecular weight excluding hydrogens is 196 g/mol. The second-order valence-corrected chi connectivity index (χ2v) is 3.74. The molecule has 0 saturated carbocycles. The van der Waals surface area contributed by atoms with Crippen LogP contribution in [0.5, 0.6) is 0 Å². The summed E-state index contributed by atoms with van der Waals surface area (Å²) in [7, 11) is 0. The highest BCUT2D eigenvalue weighted by Gasteiger charge is 1.96. The molecule has 0 fully saturated rings. The van der Waals surface area contributed by atoms with Gasteiger partial charge in [-0.2, -0.15) is 0 Å². The van der Waals surface area contributed by atoms with Gasteiger partial charge in [-0.05, 0) is 12.1 Å². The van der Waals surface area contributed by atoms with Crippen molar-refractivity contribution in [1.82, 2.24) is 9.97 Å². The van der Waals surface area contributed by atoms with Crippen molar-refractivity contribution in [3.05, 3.63) is 34.8 Å². The standard InChI is InChI=1S/C9H10N4S/c10-8-2-1-3-9(13-8)12-5-7-4-11-6-14-7/h1-4,6H,5H2,(H3,10,12,13). The zero-order valence-corrected chi connectivity index (χ0v) is 8.29. The lowest BCUT2D eigenvalue weighted by Crippen LogP contribution is -2.01. The van der Waals surface area contributed by atoms with Gasteiger partial charge in [0.15, 0.2) is 0 Å². The van der Waals surface area contributed by atoms with E-state index in [1.54, 1.807) is 17.4 Å². The van der Waals surface area contributed by atoms with E-state index < -0.39 is 0 Å². The number of nitrogen functional groups attached to an aromatic ring is 1. The van der Waals surface area contributed by atoms with Crippen LogP contribution in [0.4, 0.5) is 11.6 Å². The van der Waals surface area contributed by atoms with Crippen LogP contribution in [-0.4, -0.2) is 9.97 Å². The molecule has 0 atom stereocenters. The Balaban J connectivity index is 1.98. The number of aromatic nitrogens is 2. The van der Waals surface area contributed by atoms with Crippen LogP contribution in [0.25, 0.3) is 0 Å². The third kappa shape index (κ3) is 2.20. The minimum absolute atomic E-state index is 0.527. The molecule has 2 aromatic heterocycles. The van der Waals surface area contributed by atoms with E-state index in [2.05, 4.69) is 15.3 Å². The third-order valence-corrected chi connectivity index (χ3v) is 2.48. The van der Waals surface area contributed by atoms with Crippen molar-refractivity contribution >= 4 is 23.0 Å². The van der Waals surface area contributed by atoms with Crippen LogP contribution in [0, 0.1) is 0 Å². The SMILES string of the molecule is Nc1cccc(NCc2cncs2)n1. The Bertz CT molecular complexity index is 399. The molecule has 0 saturated heterocycles. The van der Waals surface area contributed by atoms with Crippen molar-refractivity contribution in [1.29, 1.82) is 0 Å². The predicted molar refractivity (Wildman–Crippen MR) is 58.1 cm³/mol. The van der Waals surface area contributed by atoms with E-state index in [4.69, 9.17) is 5.73 Å². The van der Waals surface area contributed by atoms with Crippen molar-refractivity contribution < 1.29 is 0 Å². The highest BCUT2D eigenvalue weighted by Crippen LogP contribution is 2.10. The first kappa shape index (κ1) is 8.96. The second kappa shape index (κ2) is 4.06. The largest absolute Gasteiger partial charge is 0.384 e. The molecule has 0 unspecified atom stereocenters. The molecule has 0 aliphatic carbocycles. The Morgan fingerprint density at radius 3 is 3.07 bits per heavy atom. The van der Waals surface area contributed by atoms with Gasteiger partial charge in [-0.25, -0.2) is 4.98 Å². The minimum Gasteiger partial charge on any atom is -0.384 e. The molecule has 0 radical (unpaired) electrons. The molecule has 2 heterocycles. The molecule has 2 rings (SSSR count). The Morgan fingerprint density at radius 2 is 2.36 bits per heavy atom. The van der Waals surface area contributed by atoms with Crippen molar-refractivity contribution in [3.63, 3.8) is 0 Å². The summed E-state index contributed by atoms with van der Waals surface area (Å²) in [6.07, 6.45) is 1.84. The highest BCUT2D eigenvalue weighted by atomic mass is 32.1. The monoisotopic (exact) mass is 206 g/mol. The average molecular weight is 206 g/mol. The first-order valence-corrected chi connectivity index (χ1v) is 5.06. The first-order valence-electron chi connectivity index (χ1n) is 4.18. The molecule has 14 heavy (non-hydrogen) atoms. The number of nitrogens with one attached hydrogen (secondary N) is 1. The van der Waals surface area contributed by atoms with E-state index in [-0.39, 0.29) is 0 Å². The zero-order chi connectivity index (χ0) is 9.80. The van der Waals surface area contributed by atoms with E-state index in [0.29, 0.717) is 5.82 Å². The molecular formula is C9H10N4S. The molecule has 0 amide bonds. The van der Waals surface area contributed by atoms with Crippen molar-refractivity contribution in [3.8, 4) is 0 Å². The van der Waals surface area contributed by atoms with Crippen LogP contribution in [0.3, 0.4) is 0 Å². The van der Waals surface area contributed by atoms with Gasteiger partial charge < -0.3 is 11.1 Å². The van der Waals surface area contributed by atoms with Crippen molar-refractivity contribution in [2.24, 2.45) is 0 Å². The Morgan fingerprint density at radius 1 is 1.43 bits per heavy atom. The lowest BCUT2D eigenvalue weighted by molar-refractivity contribution is 1.13. The summed E-state index contributed by atoms with van der Waals surface area (Å²) in [5.41, 5.74) is 7.36. The zero-order valence-electron chi connectivity index (χ0n) is 7.47. The maximum Gasteiger partial charge on any atom is 0.128 e. The second-order valence-electron chi connectivity index (χ2n) is 2.77. The molecule has 0 aliphatic heterocycles. The van der Waals surface area contributed by atoms with Crippen molar-refractivity contribution in [2.75, 3.05) is 11.1 Å². The smallest absolute Gasteiger partial charge is 0.128 e. The molecule has 0 aliphatic rings. The Kier molecular flexibility index (Phi) is 2.60. The van der Waals surface area contributed by atoms with Crippen LogP contribution in [0.1, 0.15) is 4.88 Å². The van der Waals surface area contributed by atoms with Gasteiger partial charge in [0.1, 0.15) is 11.6 Å². The van der Waals surface area contributed by atoms with Gasteiger partial charge in [0, 0.05) is 11.1 Å². The highest BCUT2D eigenvalue weighted by molar-refractivity contribution is 7.09. The summed E-state index contributed by atoms with van der Waals surface area (Å²) in [4.78, 5) is 9.28. The van der Waals surface area contributed by atoms with Gasteiger partial charge in [0.25, 0.3) is 0 Å². The summed E-state index contributed by atoms with van der Waals surface area (Å²) in [6, 6.07) is 5.52. The molecule has 0 aromatic carbocycles. The Labute approximate surface area is 85.8 Å². The average Bonchev–Trinajstić information content (AvgIpc) is 2.67. The van der Waals surface area contributed by atoms with Gasteiger partial charge >= 0.3 is 0 Å². The minimum atomic E-state index is 0.527. The number of nitrogens with zero attached hydrogens (tertiary/aromatic N) is 2. The maximum atomic E-state index is 5.55. The van der Waals surface area contributed by atoms with Gasteiger partial charge in [0.2, 0.25) is 0 Å². The lowest BCUT2D eigenvalue weighted by atomic mass is 10.4. The molecule has 3 N–H and O–H groups in total. The van der Waals surface area contributed by atoms with Gasteiger partial charge in [-0.15, -0.1) is 11.3 Å². The van der Waals surface area contributed by atoms with Crippen molar-refractivity contribution in [2.45, 2.75) is 6.54 Å². The number of nitrogens with two attached hydrogens (primary N) is 1. The maximum absolute atomic E-state index is 5.55. The first-order chi connectivity index (χ1) is 6.84. The molecule has 72 valence electrons. The fraction of sp³-hybridized carbons (Fsp3) is 0.111. The number of thiazole rings is 1. The normalized spacial score (nSPS) is 10.0. The fourth-order valence-corrected chi connectivity index (χ4v) is 1.59. The topological polar surface area (TPSA) is 63.8 Å². The van der Waals surface area contributed by atoms with E-state index in [9.17, 15) is 0 Å². The van der Waals surface area contributed by atoms with E-state index in [1.165, 1.54) is 4.88 Å². The number of anilines is 2. The van der Waals surface area contributed by atoms with E-state index in [1.807, 2.05) is 23.8 Å². The predicted octanol–water partition coefficient (Wildman–Crippen LogP) is 1.73. The summed E-state index contributed by atoms with van der Waals surface area (Å²) in [5.74, 6) is 1.32. The van der Waals surface area contributed by atoms with E-state index >= 15 is 0 Å². The molecule has 0 spiro atoms.